The van der Waals surface area contributed by atoms with E-state index < -0.39 is 23.0 Å². The third-order valence-corrected chi connectivity index (χ3v) is 7.77. The molecule has 1 aliphatic heterocycles. The molecule has 0 N–H and O–H groups in total. The summed E-state index contributed by atoms with van der Waals surface area (Å²) < 4.78 is 57.3. The van der Waals surface area contributed by atoms with Gasteiger partial charge in [0.1, 0.15) is 5.82 Å². The molecule has 2 aromatic heterocycles. The van der Waals surface area contributed by atoms with Crippen LogP contribution in [0.5, 0.6) is 0 Å². The number of alkyl halides is 4. The molecular weight excluding hydrogens is 460 g/mol. The summed E-state index contributed by atoms with van der Waals surface area (Å²) in [7, 11) is 1.94. The number of imidazole rings is 1. The lowest BCUT2D eigenvalue weighted by atomic mass is 9.86. The first-order valence-corrected chi connectivity index (χ1v) is 11.9. The Morgan fingerprint density at radius 1 is 1.03 bits per heavy atom. The minimum atomic E-state index is -4.23. The Balaban J connectivity index is 1.26. The standard InChI is InChI=1S/C26H28F4N4O/c1-17-31-15-22(33(17)2)18-3-4-19-14-32-21(12-20(19)11-18)13-23(35)25(27)7-9-34(10-8-25)16-24(5-6-24)26(28,29)30/h3-4,11-12,14-15H,5-10,13,16H2,1-2H3. The number of Topliss-reactive ketones (excluding diaryl/α,β-unsaturated/α-hetero) is 1. The minimum absolute atomic E-state index is 0.0860. The number of carbonyl (C=O) groups is 1. The summed E-state index contributed by atoms with van der Waals surface area (Å²) in [6.07, 6.45) is -0.811. The second kappa shape index (κ2) is 8.40. The van der Waals surface area contributed by atoms with Gasteiger partial charge in [0.15, 0.2) is 11.5 Å². The predicted molar refractivity (Wildman–Crippen MR) is 125 cm³/mol. The van der Waals surface area contributed by atoms with Gasteiger partial charge in [0.25, 0.3) is 0 Å². The first-order valence-electron chi connectivity index (χ1n) is 11.9. The quantitative estimate of drug-likeness (QED) is 0.448. The Bertz CT molecular complexity index is 1270. The lowest BCUT2D eigenvalue weighted by Crippen LogP contribution is -2.49. The van der Waals surface area contributed by atoms with Crippen LogP contribution in [-0.2, 0) is 18.3 Å². The summed E-state index contributed by atoms with van der Waals surface area (Å²) in [5, 5.41) is 1.80. The van der Waals surface area contributed by atoms with Gasteiger partial charge in [-0.2, -0.15) is 13.2 Å². The number of aromatic nitrogens is 3. The van der Waals surface area contributed by atoms with Crippen molar-refractivity contribution in [3.05, 3.63) is 48.2 Å². The van der Waals surface area contributed by atoms with E-state index in [1.165, 1.54) is 0 Å². The van der Waals surface area contributed by atoms with Gasteiger partial charge in [-0.15, -0.1) is 0 Å². The average Bonchev–Trinajstić information content (AvgIpc) is 3.54. The van der Waals surface area contributed by atoms with Gasteiger partial charge in [-0.1, -0.05) is 12.1 Å². The van der Waals surface area contributed by atoms with Crippen molar-refractivity contribution in [1.82, 2.24) is 19.4 Å². The Labute approximate surface area is 201 Å². The highest BCUT2D eigenvalue weighted by molar-refractivity contribution is 5.91. The zero-order chi connectivity index (χ0) is 25.0. The highest BCUT2D eigenvalue weighted by Crippen LogP contribution is 2.58. The monoisotopic (exact) mass is 488 g/mol. The van der Waals surface area contributed by atoms with Crippen LogP contribution in [0.1, 0.15) is 37.2 Å². The fraction of sp³-hybridized carbons (Fsp3) is 0.500. The van der Waals surface area contributed by atoms with Gasteiger partial charge in [-0.25, -0.2) is 9.37 Å². The number of piperidine rings is 1. The van der Waals surface area contributed by atoms with Gasteiger partial charge < -0.3 is 9.47 Å². The van der Waals surface area contributed by atoms with Crippen molar-refractivity contribution < 1.29 is 22.4 Å². The number of rotatable bonds is 6. The molecule has 0 unspecified atom stereocenters. The molecule has 1 saturated carbocycles. The van der Waals surface area contributed by atoms with Crippen molar-refractivity contribution >= 4 is 16.6 Å². The molecule has 0 bridgehead atoms. The summed E-state index contributed by atoms with van der Waals surface area (Å²) in [6, 6.07) is 7.74. The number of nitrogens with zero attached hydrogens (tertiary/aromatic N) is 4. The molecule has 9 heteroatoms. The molecule has 0 amide bonds. The Kier molecular flexibility index (Phi) is 5.74. The molecule has 35 heavy (non-hydrogen) atoms. The largest absolute Gasteiger partial charge is 0.395 e. The molecule has 186 valence electrons. The zero-order valence-corrected chi connectivity index (χ0v) is 19.8. The first kappa shape index (κ1) is 23.9. The number of aryl methyl sites for hydroxylation is 1. The zero-order valence-electron chi connectivity index (χ0n) is 19.8. The third kappa shape index (κ3) is 4.46. The maximum absolute atomic E-state index is 15.5. The van der Waals surface area contributed by atoms with Crippen LogP contribution in [0.4, 0.5) is 17.6 Å². The van der Waals surface area contributed by atoms with Crippen LogP contribution in [0.25, 0.3) is 22.0 Å². The van der Waals surface area contributed by atoms with E-state index in [2.05, 4.69) is 9.97 Å². The van der Waals surface area contributed by atoms with E-state index in [1.54, 1.807) is 23.4 Å². The van der Waals surface area contributed by atoms with Crippen LogP contribution in [0, 0.1) is 12.3 Å². The summed E-state index contributed by atoms with van der Waals surface area (Å²) >= 11 is 0. The van der Waals surface area contributed by atoms with Crippen molar-refractivity contribution in [3.63, 3.8) is 0 Å². The maximum atomic E-state index is 15.5. The van der Waals surface area contributed by atoms with E-state index in [-0.39, 0.29) is 51.7 Å². The summed E-state index contributed by atoms with van der Waals surface area (Å²) in [4.78, 5) is 23.2. The number of fused-ring (bicyclic) bond motifs is 1. The first-order chi connectivity index (χ1) is 16.5. The predicted octanol–water partition coefficient (Wildman–Crippen LogP) is 5.20. The van der Waals surface area contributed by atoms with Gasteiger partial charge in [0, 0.05) is 62.4 Å². The number of benzene rings is 1. The highest BCUT2D eigenvalue weighted by Gasteiger charge is 2.63. The summed E-state index contributed by atoms with van der Waals surface area (Å²) in [5.41, 5.74) is -1.25. The minimum Gasteiger partial charge on any atom is -0.331 e. The van der Waals surface area contributed by atoms with E-state index in [0.29, 0.717) is 5.69 Å². The van der Waals surface area contributed by atoms with E-state index in [0.717, 1.165) is 27.9 Å². The van der Waals surface area contributed by atoms with Gasteiger partial charge in [0.2, 0.25) is 0 Å². The molecule has 1 aliphatic carbocycles. The molecule has 5 nitrogen and oxygen atoms in total. The molecular formula is C26H28F4N4O. The maximum Gasteiger partial charge on any atom is 0.395 e. The molecule has 0 spiro atoms. The van der Waals surface area contributed by atoms with Crippen LogP contribution in [0.2, 0.25) is 0 Å². The van der Waals surface area contributed by atoms with Crippen molar-refractivity contribution in [2.75, 3.05) is 19.6 Å². The molecule has 0 atom stereocenters. The molecule has 1 saturated heterocycles. The van der Waals surface area contributed by atoms with Gasteiger partial charge in [-0.05, 0) is 37.3 Å². The molecule has 3 heterocycles. The number of pyridine rings is 1. The van der Waals surface area contributed by atoms with Crippen LogP contribution in [-0.4, -0.2) is 56.7 Å². The van der Waals surface area contributed by atoms with E-state index in [1.807, 2.05) is 36.7 Å². The topological polar surface area (TPSA) is 51.0 Å². The molecule has 2 fully saturated rings. The summed E-state index contributed by atoms with van der Waals surface area (Å²) in [6.45, 7) is 2.12. The number of likely N-dealkylation sites (tertiary alicyclic amines) is 1. The summed E-state index contributed by atoms with van der Waals surface area (Å²) in [5.74, 6) is 0.338. The molecule has 0 radical (unpaired) electrons. The SMILES string of the molecule is Cc1ncc(-c2ccc3cnc(CC(=O)C4(F)CCN(CC5(C(F)(F)F)CC5)CC4)cc3c2)n1C. The second-order valence-electron chi connectivity index (χ2n) is 10.1. The van der Waals surface area contributed by atoms with Crippen molar-refractivity contribution in [2.45, 2.75) is 50.9 Å². The van der Waals surface area contributed by atoms with Crippen LogP contribution < -0.4 is 0 Å². The smallest absolute Gasteiger partial charge is 0.331 e. The Morgan fingerprint density at radius 3 is 2.34 bits per heavy atom. The van der Waals surface area contributed by atoms with E-state index in [4.69, 9.17) is 0 Å². The molecule has 2 aliphatic rings. The second-order valence-corrected chi connectivity index (χ2v) is 10.1. The van der Waals surface area contributed by atoms with Crippen molar-refractivity contribution in [2.24, 2.45) is 12.5 Å². The molecule has 3 aromatic rings. The fourth-order valence-electron chi connectivity index (χ4n) is 4.99. The van der Waals surface area contributed by atoms with Crippen molar-refractivity contribution in [3.8, 4) is 11.3 Å². The Morgan fingerprint density at radius 2 is 1.74 bits per heavy atom. The number of hydrogen-bond donors (Lipinski definition) is 0. The van der Waals surface area contributed by atoms with Crippen LogP contribution in [0.3, 0.4) is 0 Å². The molecule has 1 aromatic carbocycles. The van der Waals surface area contributed by atoms with Gasteiger partial charge in [0.05, 0.1) is 23.7 Å². The number of halogens is 4. The molecule has 5 rings (SSSR count). The lowest BCUT2D eigenvalue weighted by Gasteiger charge is -2.37. The number of ketones is 1. The fourth-order valence-corrected chi connectivity index (χ4v) is 4.99. The van der Waals surface area contributed by atoms with Crippen LogP contribution >= 0.6 is 0 Å². The Hall–Kier alpha value is -2.81. The van der Waals surface area contributed by atoms with Gasteiger partial charge >= 0.3 is 6.18 Å². The van der Waals surface area contributed by atoms with Crippen molar-refractivity contribution in [1.29, 1.82) is 0 Å². The van der Waals surface area contributed by atoms with E-state index in [9.17, 15) is 18.0 Å². The normalized spacial score (nSPS) is 19.7. The highest BCUT2D eigenvalue weighted by atomic mass is 19.4. The average molecular weight is 489 g/mol. The van der Waals surface area contributed by atoms with E-state index >= 15 is 4.39 Å². The lowest BCUT2D eigenvalue weighted by molar-refractivity contribution is -0.193. The number of carbonyl (C=O) groups excluding carboxylic acids is 1. The van der Waals surface area contributed by atoms with Crippen LogP contribution in [0.15, 0.2) is 36.7 Å². The van der Waals surface area contributed by atoms with Gasteiger partial charge in [-0.3, -0.25) is 9.78 Å². The number of hydrogen-bond acceptors (Lipinski definition) is 4. The third-order valence-electron chi connectivity index (χ3n) is 7.77.